The van der Waals surface area contributed by atoms with Crippen LogP contribution in [-0.2, 0) is 9.53 Å². The van der Waals surface area contributed by atoms with Crippen molar-refractivity contribution in [3.8, 4) is 0 Å². The number of hydrogen-bond acceptors (Lipinski definition) is 2. The molecule has 0 N–H and O–H groups in total. The predicted octanol–water partition coefficient (Wildman–Crippen LogP) is 2.56. The maximum atomic E-state index is 11.9. The Kier molecular flexibility index (Phi) is 3.22. The van der Waals surface area contributed by atoms with Gasteiger partial charge in [0.05, 0.1) is 6.10 Å². The summed E-state index contributed by atoms with van der Waals surface area (Å²) < 4.78 is 5.47. The Labute approximate surface area is 86.0 Å². The highest BCUT2D eigenvalue weighted by atomic mass is 16.5. The second-order valence-corrected chi connectivity index (χ2v) is 4.70. The second-order valence-electron chi connectivity index (χ2n) is 4.70. The summed E-state index contributed by atoms with van der Waals surface area (Å²) in [7, 11) is 1.76. The average molecular weight is 196 g/mol. The molecule has 2 nitrogen and oxygen atoms in total. The fourth-order valence-corrected chi connectivity index (χ4v) is 3.17. The van der Waals surface area contributed by atoms with Gasteiger partial charge >= 0.3 is 0 Å². The van der Waals surface area contributed by atoms with Gasteiger partial charge in [-0.1, -0.05) is 12.8 Å². The van der Waals surface area contributed by atoms with Crippen molar-refractivity contribution < 1.29 is 9.53 Å². The van der Waals surface area contributed by atoms with Gasteiger partial charge in [0, 0.05) is 19.4 Å². The molecule has 0 radical (unpaired) electrons. The van der Waals surface area contributed by atoms with E-state index in [9.17, 15) is 4.79 Å². The summed E-state index contributed by atoms with van der Waals surface area (Å²) in [5.41, 5.74) is 0. The van der Waals surface area contributed by atoms with Crippen LogP contribution in [-0.4, -0.2) is 19.0 Å². The molecule has 0 unspecified atom stereocenters. The van der Waals surface area contributed by atoms with Crippen molar-refractivity contribution in [1.82, 2.24) is 0 Å². The summed E-state index contributed by atoms with van der Waals surface area (Å²) in [6.45, 7) is 0. The molecule has 0 heterocycles. The largest absolute Gasteiger partial charge is 0.381 e. The number of hydrogen-bond donors (Lipinski definition) is 0. The minimum Gasteiger partial charge on any atom is -0.381 e. The molecule has 0 aromatic rings. The number of fused-ring (bicyclic) bond motifs is 1. The van der Waals surface area contributed by atoms with Crippen LogP contribution < -0.4 is 0 Å². The topological polar surface area (TPSA) is 26.3 Å². The van der Waals surface area contributed by atoms with Crippen LogP contribution in [0, 0.1) is 11.8 Å². The fraction of sp³-hybridized carbons (Fsp3) is 0.917. The SMILES string of the molecule is CO[C@@H]1CCC[C@H]2CCCCC(=O)[C@@H]21. The van der Waals surface area contributed by atoms with Crippen molar-refractivity contribution >= 4 is 5.78 Å². The molecule has 14 heavy (non-hydrogen) atoms. The molecule has 2 rings (SSSR count). The quantitative estimate of drug-likeness (QED) is 0.644. The van der Waals surface area contributed by atoms with Gasteiger partial charge in [0.25, 0.3) is 0 Å². The maximum absolute atomic E-state index is 11.9. The van der Waals surface area contributed by atoms with Crippen LogP contribution in [0.2, 0.25) is 0 Å². The Morgan fingerprint density at radius 2 is 1.93 bits per heavy atom. The molecule has 0 spiro atoms. The van der Waals surface area contributed by atoms with Crippen LogP contribution in [0.4, 0.5) is 0 Å². The Morgan fingerprint density at radius 1 is 1.14 bits per heavy atom. The lowest BCUT2D eigenvalue weighted by Gasteiger charge is -2.35. The van der Waals surface area contributed by atoms with E-state index < -0.39 is 0 Å². The summed E-state index contributed by atoms with van der Waals surface area (Å²) >= 11 is 0. The monoisotopic (exact) mass is 196 g/mol. The van der Waals surface area contributed by atoms with Gasteiger partial charge < -0.3 is 4.74 Å². The Morgan fingerprint density at radius 3 is 2.71 bits per heavy atom. The number of carbonyl (C=O) groups excluding carboxylic acids is 1. The lowest BCUT2D eigenvalue weighted by Crippen LogP contribution is -2.38. The van der Waals surface area contributed by atoms with Crippen molar-refractivity contribution in [2.75, 3.05) is 7.11 Å². The van der Waals surface area contributed by atoms with Crippen molar-refractivity contribution in [2.45, 2.75) is 51.0 Å². The number of ketones is 1. The van der Waals surface area contributed by atoms with Crippen LogP contribution in [0.1, 0.15) is 44.9 Å². The minimum absolute atomic E-state index is 0.222. The van der Waals surface area contributed by atoms with Crippen LogP contribution in [0.15, 0.2) is 0 Å². The molecule has 0 bridgehead atoms. The highest BCUT2D eigenvalue weighted by molar-refractivity contribution is 5.82. The molecule has 2 aliphatic rings. The third kappa shape index (κ3) is 1.85. The molecule has 0 aliphatic heterocycles. The van der Waals surface area contributed by atoms with Crippen LogP contribution >= 0.6 is 0 Å². The van der Waals surface area contributed by atoms with Gasteiger partial charge in [-0.25, -0.2) is 0 Å². The van der Waals surface area contributed by atoms with Gasteiger partial charge in [0.15, 0.2) is 0 Å². The summed E-state index contributed by atoms with van der Waals surface area (Å²) in [6, 6.07) is 0. The summed E-state index contributed by atoms with van der Waals surface area (Å²) in [6.07, 6.45) is 8.18. The Bertz CT molecular complexity index is 212. The van der Waals surface area contributed by atoms with E-state index in [2.05, 4.69) is 0 Å². The zero-order valence-electron chi connectivity index (χ0n) is 9.00. The predicted molar refractivity (Wildman–Crippen MR) is 55.1 cm³/mol. The van der Waals surface area contributed by atoms with Gasteiger partial charge in [0.2, 0.25) is 0 Å². The number of carbonyl (C=O) groups is 1. The molecule has 0 aromatic carbocycles. The summed E-state index contributed by atoms with van der Waals surface area (Å²) in [5.74, 6) is 1.33. The van der Waals surface area contributed by atoms with E-state index in [1.54, 1.807) is 7.11 Å². The molecule has 2 fully saturated rings. The molecule has 0 saturated heterocycles. The first kappa shape index (κ1) is 10.2. The van der Waals surface area contributed by atoms with Gasteiger partial charge in [0.1, 0.15) is 5.78 Å². The van der Waals surface area contributed by atoms with E-state index in [0.29, 0.717) is 11.7 Å². The summed E-state index contributed by atoms with van der Waals surface area (Å²) in [5, 5.41) is 0. The van der Waals surface area contributed by atoms with Crippen molar-refractivity contribution in [2.24, 2.45) is 11.8 Å². The molecule has 2 heteroatoms. The van der Waals surface area contributed by atoms with E-state index in [4.69, 9.17) is 4.74 Å². The molecule has 80 valence electrons. The molecular formula is C12H20O2. The van der Waals surface area contributed by atoms with E-state index in [0.717, 1.165) is 19.3 Å². The number of methoxy groups -OCH3 is 1. The number of rotatable bonds is 1. The van der Waals surface area contributed by atoms with E-state index in [1.165, 1.54) is 25.7 Å². The third-order valence-corrected chi connectivity index (χ3v) is 3.89. The van der Waals surface area contributed by atoms with Crippen molar-refractivity contribution in [3.63, 3.8) is 0 Å². The standard InChI is InChI=1S/C12H20O2/c1-14-11-8-4-6-9-5-2-3-7-10(13)12(9)11/h9,11-12H,2-8H2,1H3/t9-,11-,12-/m1/s1. The lowest BCUT2D eigenvalue weighted by molar-refractivity contribution is -0.131. The molecule has 3 atom stereocenters. The fourth-order valence-electron chi connectivity index (χ4n) is 3.17. The van der Waals surface area contributed by atoms with Crippen LogP contribution in [0.3, 0.4) is 0 Å². The Hall–Kier alpha value is -0.370. The van der Waals surface area contributed by atoms with E-state index >= 15 is 0 Å². The number of Topliss-reactive ketones (excluding diaryl/α,β-unsaturated/α-hetero) is 1. The van der Waals surface area contributed by atoms with Crippen molar-refractivity contribution in [3.05, 3.63) is 0 Å². The third-order valence-electron chi connectivity index (χ3n) is 3.89. The van der Waals surface area contributed by atoms with Crippen LogP contribution in [0.5, 0.6) is 0 Å². The van der Waals surface area contributed by atoms with E-state index in [1.807, 2.05) is 0 Å². The van der Waals surface area contributed by atoms with Crippen molar-refractivity contribution in [1.29, 1.82) is 0 Å². The van der Waals surface area contributed by atoms with Crippen LogP contribution in [0.25, 0.3) is 0 Å². The zero-order valence-corrected chi connectivity index (χ0v) is 9.00. The first-order valence-corrected chi connectivity index (χ1v) is 5.88. The van der Waals surface area contributed by atoms with Gasteiger partial charge in [-0.05, 0) is 31.6 Å². The smallest absolute Gasteiger partial charge is 0.138 e. The molecular weight excluding hydrogens is 176 g/mol. The van der Waals surface area contributed by atoms with Gasteiger partial charge in [-0.15, -0.1) is 0 Å². The normalized spacial score (nSPS) is 38.9. The molecule has 0 aromatic heterocycles. The minimum atomic E-state index is 0.222. The molecule has 2 aliphatic carbocycles. The average Bonchev–Trinajstić information content (AvgIpc) is 2.40. The Balaban J connectivity index is 2.13. The first-order valence-electron chi connectivity index (χ1n) is 5.88. The maximum Gasteiger partial charge on any atom is 0.138 e. The van der Waals surface area contributed by atoms with Gasteiger partial charge in [-0.2, -0.15) is 0 Å². The van der Waals surface area contributed by atoms with Gasteiger partial charge in [-0.3, -0.25) is 4.79 Å². The number of ether oxygens (including phenoxy) is 1. The second kappa shape index (κ2) is 4.43. The first-order chi connectivity index (χ1) is 6.83. The zero-order chi connectivity index (χ0) is 9.97. The lowest BCUT2D eigenvalue weighted by atomic mass is 9.74. The summed E-state index contributed by atoms with van der Waals surface area (Å²) in [4.78, 5) is 11.9. The highest BCUT2D eigenvalue weighted by Gasteiger charge is 2.38. The van der Waals surface area contributed by atoms with E-state index in [-0.39, 0.29) is 12.0 Å². The molecule has 0 amide bonds. The highest BCUT2D eigenvalue weighted by Crippen LogP contribution is 2.38. The molecule has 2 saturated carbocycles.